The molecular weight excluding hydrogens is 238 g/mol. The minimum atomic E-state index is 0.256. The summed E-state index contributed by atoms with van der Waals surface area (Å²) in [6.07, 6.45) is 5.77. The molecular formula is C15H19N3O. The Labute approximate surface area is 113 Å². The molecule has 2 atom stereocenters. The van der Waals surface area contributed by atoms with Crippen LogP contribution in [-0.4, -0.2) is 23.6 Å². The van der Waals surface area contributed by atoms with Crippen LogP contribution >= 0.6 is 0 Å². The van der Waals surface area contributed by atoms with Gasteiger partial charge in [-0.25, -0.2) is 4.98 Å². The van der Waals surface area contributed by atoms with Crippen LogP contribution in [0.1, 0.15) is 36.2 Å². The molecule has 1 aliphatic rings. The number of rotatable bonds is 4. The SMILES string of the molecule is CNC(CC1CCOc2ccccc21)c1ncc[nH]1. The molecule has 3 rings (SSSR count). The van der Waals surface area contributed by atoms with Gasteiger partial charge in [-0.05, 0) is 37.4 Å². The standard InChI is InChI=1S/C15H19N3O/c1-16-13(15-17-7-8-18-15)10-11-6-9-19-14-5-3-2-4-12(11)14/h2-5,7-8,11,13,16H,6,9-10H2,1H3,(H,17,18). The van der Waals surface area contributed by atoms with Crippen molar-refractivity contribution in [3.05, 3.63) is 48.0 Å². The molecule has 0 amide bonds. The number of H-pyrrole nitrogens is 1. The Morgan fingerprint density at radius 2 is 2.37 bits per heavy atom. The van der Waals surface area contributed by atoms with Crippen LogP contribution in [0.25, 0.3) is 0 Å². The molecule has 0 saturated carbocycles. The number of nitrogens with one attached hydrogen (secondary N) is 2. The smallest absolute Gasteiger partial charge is 0.123 e. The van der Waals surface area contributed by atoms with Crippen LogP contribution < -0.4 is 10.1 Å². The van der Waals surface area contributed by atoms with Crippen LogP contribution in [-0.2, 0) is 0 Å². The second-order valence-corrected chi connectivity index (χ2v) is 4.92. The lowest BCUT2D eigenvalue weighted by Crippen LogP contribution is -2.23. The number of ether oxygens (including phenoxy) is 1. The Morgan fingerprint density at radius 1 is 1.47 bits per heavy atom. The average molecular weight is 257 g/mol. The van der Waals surface area contributed by atoms with Crippen LogP contribution in [0.3, 0.4) is 0 Å². The van der Waals surface area contributed by atoms with Crippen molar-refractivity contribution in [1.82, 2.24) is 15.3 Å². The van der Waals surface area contributed by atoms with E-state index in [1.165, 1.54) is 5.56 Å². The molecule has 4 nitrogen and oxygen atoms in total. The third-order valence-corrected chi connectivity index (χ3v) is 3.80. The topological polar surface area (TPSA) is 49.9 Å². The molecule has 2 N–H and O–H groups in total. The van der Waals surface area contributed by atoms with Gasteiger partial charge in [0, 0.05) is 12.4 Å². The molecule has 4 heteroatoms. The van der Waals surface area contributed by atoms with Gasteiger partial charge in [0.05, 0.1) is 12.6 Å². The molecule has 1 aromatic heterocycles. The highest BCUT2D eigenvalue weighted by Gasteiger charge is 2.25. The summed E-state index contributed by atoms with van der Waals surface area (Å²) in [5, 5.41) is 3.35. The number of nitrogens with zero attached hydrogens (tertiary/aromatic N) is 1. The summed E-state index contributed by atoms with van der Waals surface area (Å²) in [4.78, 5) is 7.56. The molecule has 19 heavy (non-hydrogen) atoms. The molecule has 0 bridgehead atoms. The molecule has 100 valence electrons. The average Bonchev–Trinajstić information content (AvgIpc) is 2.99. The molecule has 0 radical (unpaired) electrons. The molecule has 0 saturated heterocycles. The van der Waals surface area contributed by atoms with Gasteiger partial charge in [0.2, 0.25) is 0 Å². The normalized spacial score (nSPS) is 19.5. The number of benzene rings is 1. The minimum absolute atomic E-state index is 0.256. The van der Waals surface area contributed by atoms with Crippen molar-refractivity contribution in [2.45, 2.75) is 24.8 Å². The highest BCUT2D eigenvalue weighted by Crippen LogP contribution is 2.38. The summed E-state index contributed by atoms with van der Waals surface area (Å²) < 4.78 is 5.72. The van der Waals surface area contributed by atoms with Crippen molar-refractivity contribution < 1.29 is 4.74 Å². The molecule has 1 aromatic carbocycles. The van der Waals surface area contributed by atoms with E-state index in [1.54, 1.807) is 6.20 Å². The summed E-state index contributed by atoms with van der Waals surface area (Å²) >= 11 is 0. The maximum absolute atomic E-state index is 5.72. The van der Waals surface area contributed by atoms with E-state index in [4.69, 9.17) is 4.74 Å². The van der Waals surface area contributed by atoms with E-state index >= 15 is 0 Å². The van der Waals surface area contributed by atoms with E-state index in [0.717, 1.165) is 31.0 Å². The number of fused-ring (bicyclic) bond motifs is 1. The van der Waals surface area contributed by atoms with E-state index in [-0.39, 0.29) is 6.04 Å². The lowest BCUT2D eigenvalue weighted by Gasteiger charge is -2.28. The zero-order valence-electron chi connectivity index (χ0n) is 11.1. The number of aromatic nitrogens is 2. The second kappa shape index (κ2) is 5.45. The van der Waals surface area contributed by atoms with E-state index in [0.29, 0.717) is 5.92 Å². The quantitative estimate of drug-likeness (QED) is 0.885. The van der Waals surface area contributed by atoms with Gasteiger partial charge in [0.15, 0.2) is 0 Å². The molecule has 1 aliphatic heterocycles. The van der Waals surface area contributed by atoms with Crippen LogP contribution in [0.5, 0.6) is 5.75 Å². The van der Waals surface area contributed by atoms with Gasteiger partial charge in [0.25, 0.3) is 0 Å². The van der Waals surface area contributed by atoms with Gasteiger partial charge in [-0.15, -0.1) is 0 Å². The molecule has 2 heterocycles. The number of aromatic amines is 1. The maximum Gasteiger partial charge on any atom is 0.123 e. The fourth-order valence-electron chi connectivity index (χ4n) is 2.78. The van der Waals surface area contributed by atoms with Gasteiger partial charge in [-0.1, -0.05) is 18.2 Å². The molecule has 2 unspecified atom stereocenters. The summed E-state index contributed by atoms with van der Waals surface area (Å²) in [5.41, 5.74) is 1.32. The summed E-state index contributed by atoms with van der Waals surface area (Å²) in [6.45, 7) is 0.802. The molecule has 0 fully saturated rings. The first kappa shape index (κ1) is 12.2. The number of imidazole rings is 1. The van der Waals surface area contributed by atoms with Crippen LogP contribution in [0.2, 0.25) is 0 Å². The fourth-order valence-corrected chi connectivity index (χ4v) is 2.78. The van der Waals surface area contributed by atoms with Gasteiger partial charge in [-0.3, -0.25) is 0 Å². The first-order valence-electron chi connectivity index (χ1n) is 6.76. The summed E-state index contributed by atoms with van der Waals surface area (Å²) in [5.74, 6) is 2.56. The molecule has 0 aliphatic carbocycles. The number of para-hydroxylation sites is 1. The third-order valence-electron chi connectivity index (χ3n) is 3.80. The van der Waals surface area contributed by atoms with Crippen molar-refractivity contribution in [3.63, 3.8) is 0 Å². The number of hydrogen-bond acceptors (Lipinski definition) is 3. The van der Waals surface area contributed by atoms with E-state index < -0.39 is 0 Å². The summed E-state index contributed by atoms with van der Waals surface area (Å²) in [7, 11) is 1.98. The van der Waals surface area contributed by atoms with Gasteiger partial charge >= 0.3 is 0 Å². The van der Waals surface area contributed by atoms with Crippen LogP contribution in [0.4, 0.5) is 0 Å². The second-order valence-electron chi connectivity index (χ2n) is 4.92. The lowest BCUT2D eigenvalue weighted by atomic mass is 9.87. The Morgan fingerprint density at radius 3 is 3.16 bits per heavy atom. The van der Waals surface area contributed by atoms with Crippen molar-refractivity contribution in [3.8, 4) is 5.75 Å². The minimum Gasteiger partial charge on any atom is -0.493 e. The molecule has 0 spiro atoms. The van der Waals surface area contributed by atoms with Gasteiger partial charge in [0.1, 0.15) is 11.6 Å². The van der Waals surface area contributed by atoms with E-state index in [9.17, 15) is 0 Å². The zero-order chi connectivity index (χ0) is 13.1. The Balaban J connectivity index is 1.80. The van der Waals surface area contributed by atoms with Crippen molar-refractivity contribution in [2.24, 2.45) is 0 Å². The first-order valence-corrected chi connectivity index (χ1v) is 6.76. The third kappa shape index (κ3) is 2.49. The fraction of sp³-hybridized carbons (Fsp3) is 0.400. The van der Waals surface area contributed by atoms with Crippen LogP contribution in [0.15, 0.2) is 36.7 Å². The first-order chi connectivity index (χ1) is 9.38. The van der Waals surface area contributed by atoms with E-state index in [1.807, 2.05) is 19.3 Å². The maximum atomic E-state index is 5.72. The largest absolute Gasteiger partial charge is 0.493 e. The Kier molecular flexibility index (Phi) is 3.51. The van der Waals surface area contributed by atoms with E-state index in [2.05, 4.69) is 33.5 Å². The van der Waals surface area contributed by atoms with Crippen LogP contribution in [0, 0.1) is 0 Å². The summed E-state index contributed by atoms with van der Waals surface area (Å²) in [6, 6.07) is 8.60. The highest BCUT2D eigenvalue weighted by molar-refractivity contribution is 5.37. The Bertz CT molecular complexity index is 524. The predicted molar refractivity (Wildman–Crippen MR) is 74.3 cm³/mol. The van der Waals surface area contributed by atoms with Crippen molar-refractivity contribution in [1.29, 1.82) is 0 Å². The van der Waals surface area contributed by atoms with Crippen molar-refractivity contribution in [2.75, 3.05) is 13.7 Å². The van der Waals surface area contributed by atoms with Gasteiger partial charge in [-0.2, -0.15) is 0 Å². The lowest BCUT2D eigenvalue weighted by molar-refractivity contribution is 0.255. The zero-order valence-corrected chi connectivity index (χ0v) is 11.1. The predicted octanol–water partition coefficient (Wildman–Crippen LogP) is 2.63. The molecule has 2 aromatic rings. The monoisotopic (exact) mass is 257 g/mol. The highest BCUT2D eigenvalue weighted by atomic mass is 16.5. The Hall–Kier alpha value is -1.81. The number of hydrogen-bond donors (Lipinski definition) is 2. The van der Waals surface area contributed by atoms with Gasteiger partial charge < -0.3 is 15.0 Å². The van der Waals surface area contributed by atoms with Crippen molar-refractivity contribution >= 4 is 0 Å².